The Kier molecular flexibility index (Phi) is 8.59. The highest BCUT2D eigenvalue weighted by Gasteiger charge is 2.24. The van der Waals surface area contributed by atoms with Gasteiger partial charge in [0.15, 0.2) is 0 Å². The molecule has 0 unspecified atom stereocenters. The van der Waals surface area contributed by atoms with E-state index in [1.54, 1.807) is 54.3 Å². The largest absolute Gasteiger partial charge is 0.478 e. The highest BCUT2D eigenvalue weighted by molar-refractivity contribution is 5.92. The third kappa shape index (κ3) is 6.88. The van der Waals surface area contributed by atoms with Crippen LogP contribution in [0.25, 0.3) is 22.3 Å². The van der Waals surface area contributed by atoms with Gasteiger partial charge in [0.1, 0.15) is 35.6 Å². The van der Waals surface area contributed by atoms with E-state index in [9.17, 15) is 14.3 Å². The summed E-state index contributed by atoms with van der Waals surface area (Å²) in [6.07, 6.45) is 2.47. The number of hydrogen-bond acceptors (Lipinski definition) is 6. The third-order valence-corrected chi connectivity index (χ3v) is 8.22. The summed E-state index contributed by atoms with van der Waals surface area (Å²) in [7, 11) is 1.78. The zero-order valence-corrected chi connectivity index (χ0v) is 26.2. The first-order chi connectivity index (χ1) is 23.7. The van der Waals surface area contributed by atoms with E-state index in [2.05, 4.69) is 26.9 Å². The van der Waals surface area contributed by atoms with E-state index in [1.807, 2.05) is 4.57 Å². The number of rotatable bonds is 9. The zero-order valence-electron chi connectivity index (χ0n) is 26.2. The summed E-state index contributed by atoms with van der Waals surface area (Å²) in [5.74, 6) is 3.37. The molecule has 1 aliphatic rings. The second kappa shape index (κ2) is 13.3. The molecule has 0 bridgehead atoms. The van der Waals surface area contributed by atoms with Crippen LogP contribution in [0.15, 0.2) is 79.0 Å². The molecule has 0 spiro atoms. The minimum absolute atomic E-state index is 0.0392. The normalized spacial score (nSPS) is 13.9. The van der Waals surface area contributed by atoms with Crippen molar-refractivity contribution in [3.63, 3.8) is 0 Å². The fraction of sp³-hybridized carbons (Fsp3) is 0.189. The number of aromatic nitrogens is 5. The second-order valence-corrected chi connectivity index (χ2v) is 11.6. The predicted octanol–water partition coefficient (Wildman–Crippen LogP) is 6.31. The van der Waals surface area contributed by atoms with Gasteiger partial charge in [0.25, 0.3) is 0 Å². The Morgan fingerprint density at radius 2 is 1.82 bits per heavy atom. The molecular formula is C37H28F3N5O4. The first-order valence-electron chi connectivity index (χ1n) is 15.4. The summed E-state index contributed by atoms with van der Waals surface area (Å²) in [5, 5.41) is 13.7. The lowest BCUT2D eigenvalue weighted by Crippen LogP contribution is -2.31. The average molecular weight is 664 g/mol. The molecule has 3 aromatic heterocycles. The van der Waals surface area contributed by atoms with Crippen molar-refractivity contribution < 1.29 is 32.5 Å². The van der Waals surface area contributed by atoms with Crippen LogP contribution in [0.4, 0.5) is 13.2 Å². The van der Waals surface area contributed by atoms with Crippen LogP contribution in [0.5, 0.6) is 5.88 Å². The Morgan fingerprint density at radius 1 is 0.980 bits per heavy atom. The molecule has 7 rings (SSSR count). The van der Waals surface area contributed by atoms with Crippen molar-refractivity contribution in [2.45, 2.75) is 32.1 Å². The third-order valence-electron chi connectivity index (χ3n) is 8.22. The van der Waals surface area contributed by atoms with E-state index in [0.717, 1.165) is 18.6 Å². The van der Waals surface area contributed by atoms with Crippen molar-refractivity contribution in [3.8, 4) is 29.0 Å². The molecule has 3 aromatic carbocycles. The minimum atomic E-state index is -1.08. The molecule has 4 heterocycles. The zero-order chi connectivity index (χ0) is 34.1. The lowest BCUT2D eigenvalue weighted by atomic mass is 10.0. The topological polar surface area (TPSA) is 104 Å². The number of carboxylic acid groups (broad SMARTS) is 1. The quantitative estimate of drug-likeness (QED) is 0.181. The fourth-order valence-corrected chi connectivity index (χ4v) is 5.52. The molecule has 1 atom stereocenters. The number of nitrogens with zero attached hydrogens (tertiary/aromatic N) is 5. The molecule has 246 valence electrons. The van der Waals surface area contributed by atoms with Crippen molar-refractivity contribution >= 4 is 17.0 Å². The summed E-state index contributed by atoms with van der Waals surface area (Å²) in [4.78, 5) is 20.6. The molecule has 0 saturated carbocycles. The number of fused-ring (bicyclic) bond motifs is 1. The van der Waals surface area contributed by atoms with E-state index in [0.29, 0.717) is 41.3 Å². The van der Waals surface area contributed by atoms with Gasteiger partial charge in [-0.05, 0) is 72.5 Å². The average Bonchev–Trinajstić information content (AvgIpc) is 3.64. The molecule has 6 aromatic rings. The molecule has 49 heavy (non-hydrogen) atoms. The van der Waals surface area contributed by atoms with E-state index in [4.69, 9.17) is 9.47 Å². The number of hydrogen-bond donors (Lipinski definition) is 1. The molecule has 1 aliphatic heterocycles. The Labute approximate surface area is 278 Å². The van der Waals surface area contributed by atoms with Crippen LogP contribution in [-0.4, -0.2) is 48.1 Å². The van der Waals surface area contributed by atoms with Crippen LogP contribution in [-0.2, 0) is 31.4 Å². The summed E-state index contributed by atoms with van der Waals surface area (Å²) >= 11 is 0. The molecule has 0 aliphatic carbocycles. The van der Waals surface area contributed by atoms with Gasteiger partial charge in [-0.2, -0.15) is 5.10 Å². The van der Waals surface area contributed by atoms with Crippen molar-refractivity contribution in [2.24, 2.45) is 7.05 Å². The van der Waals surface area contributed by atoms with Crippen LogP contribution in [0, 0.1) is 29.3 Å². The van der Waals surface area contributed by atoms with E-state index in [1.165, 1.54) is 24.3 Å². The molecule has 0 amide bonds. The molecular weight excluding hydrogens is 635 g/mol. The highest BCUT2D eigenvalue weighted by Crippen LogP contribution is 2.29. The number of imidazole rings is 1. The van der Waals surface area contributed by atoms with Crippen LogP contribution >= 0.6 is 0 Å². The summed E-state index contributed by atoms with van der Waals surface area (Å²) in [6.45, 7) is 0.886. The lowest BCUT2D eigenvalue weighted by molar-refractivity contribution is -0.0589. The van der Waals surface area contributed by atoms with Crippen LogP contribution in [0.3, 0.4) is 0 Å². The van der Waals surface area contributed by atoms with Gasteiger partial charge in [0.05, 0.1) is 34.9 Å². The summed E-state index contributed by atoms with van der Waals surface area (Å²) < 4.78 is 60.7. The van der Waals surface area contributed by atoms with Gasteiger partial charge in [0.2, 0.25) is 5.88 Å². The van der Waals surface area contributed by atoms with Crippen LogP contribution in [0.2, 0.25) is 0 Å². The molecule has 1 saturated heterocycles. The number of halogens is 3. The summed E-state index contributed by atoms with van der Waals surface area (Å²) in [5.41, 5.74) is 2.67. The van der Waals surface area contributed by atoms with Gasteiger partial charge in [0, 0.05) is 49.0 Å². The maximum atomic E-state index is 15.6. The van der Waals surface area contributed by atoms with Gasteiger partial charge in [-0.15, -0.1) is 0 Å². The number of aromatic carboxylic acids is 1. The number of aryl methyl sites for hydroxylation is 1. The van der Waals surface area contributed by atoms with Crippen molar-refractivity contribution in [1.82, 2.24) is 24.3 Å². The summed E-state index contributed by atoms with van der Waals surface area (Å²) in [6, 6.07) is 17.7. The van der Waals surface area contributed by atoms with Gasteiger partial charge in [-0.3, -0.25) is 4.68 Å². The lowest BCUT2D eigenvalue weighted by Gasteiger charge is -2.27. The minimum Gasteiger partial charge on any atom is -0.478 e. The molecule has 1 N–H and O–H groups in total. The van der Waals surface area contributed by atoms with E-state index in [-0.39, 0.29) is 53.0 Å². The maximum Gasteiger partial charge on any atom is 0.335 e. The Morgan fingerprint density at radius 3 is 2.55 bits per heavy atom. The van der Waals surface area contributed by atoms with Crippen LogP contribution in [0.1, 0.15) is 45.0 Å². The van der Waals surface area contributed by atoms with Crippen molar-refractivity contribution in [2.75, 3.05) is 6.61 Å². The van der Waals surface area contributed by atoms with Gasteiger partial charge < -0.3 is 19.1 Å². The number of pyridine rings is 1. The number of benzene rings is 3. The molecule has 1 fully saturated rings. The Bertz CT molecular complexity index is 2280. The smallest absolute Gasteiger partial charge is 0.335 e. The second-order valence-electron chi connectivity index (χ2n) is 11.6. The van der Waals surface area contributed by atoms with E-state index >= 15 is 8.78 Å². The molecule has 0 radical (unpaired) electrons. The van der Waals surface area contributed by atoms with E-state index < -0.39 is 23.4 Å². The van der Waals surface area contributed by atoms with Crippen LogP contribution < -0.4 is 4.74 Å². The van der Waals surface area contributed by atoms with Gasteiger partial charge >= 0.3 is 5.97 Å². The highest BCUT2D eigenvalue weighted by atomic mass is 19.1. The maximum absolute atomic E-state index is 15.6. The first-order valence-corrected chi connectivity index (χ1v) is 15.4. The van der Waals surface area contributed by atoms with Crippen molar-refractivity contribution in [3.05, 3.63) is 130 Å². The first kappa shape index (κ1) is 31.7. The van der Waals surface area contributed by atoms with Crippen molar-refractivity contribution in [1.29, 1.82) is 0 Å². The standard InChI is InChI=1S/C37H28F3N5O4/c1-44-13-11-26(43-44)9-6-22-5-7-24(29(38)15-22)21-49-36-4-2-3-32(42-36)28-19-30(39)25(16-31(28)40)18-35-41-33-10-8-23(37(46)47)17-34(33)45(35)20-27-12-14-48-27/h2-5,7-8,10-11,13,15-17,19,27H,12,14,18,20-21H2,1H3,(H,46,47)/t27-/m0/s1. The fourth-order valence-electron chi connectivity index (χ4n) is 5.52. The Hall–Kier alpha value is -5.93. The Balaban J connectivity index is 1.08. The molecule has 9 nitrogen and oxygen atoms in total. The number of carboxylic acids is 1. The van der Waals surface area contributed by atoms with Gasteiger partial charge in [-0.25, -0.2) is 27.9 Å². The molecule has 12 heteroatoms. The number of ether oxygens (including phenoxy) is 2. The SMILES string of the molecule is Cn1ccc(C#Cc2ccc(COc3cccc(-c4cc(F)c(Cc5nc6ccc(C(=O)O)cc6n5C[C@@H]5CCO5)cc4F)n3)c(F)c2)n1. The van der Waals surface area contributed by atoms with Gasteiger partial charge in [-0.1, -0.05) is 18.1 Å². The number of carbonyl (C=O) groups is 1. The monoisotopic (exact) mass is 663 g/mol. The predicted molar refractivity (Wildman–Crippen MR) is 173 cm³/mol.